The van der Waals surface area contributed by atoms with E-state index in [0.717, 1.165) is 13.1 Å². The summed E-state index contributed by atoms with van der Waals surface area (Å²) >= 11 is 0. The van der Waals surface area contributed by atoms with Gasteiger partial charge in [-0.1, -0.05) is 18.6 Å². The number of nitrogens with one attached hydrogen (secondary N) is 1. The molecule has 1 heterocycles. The zero-order chi connectivity index (χ0) is 14.9. The fraction of sp³-hybridized carbons (Fsp3) is 0.588. The number of piperidine rings is 1. The maximum Gasteiger partial charge on any atom is 0.337 e. The van der Waals surface area contributed by atoms with Gasteiger partial charge >= 0.3 is 5.97 Å². The van der Waals surface area contributed by atoms with E-state index in [0.29, 0.717) is 5.56 Å². The normalized spacial score (nSPS) is 15.9. The maximum absolute atomic E-state index is 11.3. The minimum absolute atomic E-state index is 0.281. The first-order chi connectivity index (χ1) is 10.3. The number of rotatable bonds is 7. The fourth-order valence-corrected chi connectivity index (χ4v) is 2.72. The molecule has 0 saturated carbocycles. The van der Waals surface area contributed by atoms with Crippen LogP contribution in [0.25, 0.3) is 0 Å². The predicted molar refractivity (Wildman–Crippen MR) is 84.4 cm³/mol. The summed E-state index contributed by atoms with van der Waals surface area (Å²) in [6.45, 7) is 5.63. The highest BCUT2D eigenvalue weighted by Gasteiger charge is 2.08. The van der Waals surface area contributed by atoms with Crippen LogP contribution in [0.4, 0.5) is 0 Å². The molecular formula is C17H26N2O2. The van der Waals surface area contributed by atoms with Crippen LogP contribution in [0.3, 0.4) is 0 Å². The molecule has 0 atom stereocenters. The Kier molecular flexibility index (Phi) is 6.70. The molecule has 1 aromatic rings. The Balaban J connectivity index is 1.61. The van der Waals surface area contributed by atoms with E-state index < -0.39 is 0 Å². The zero-order valence-electron chi connectivity index (χ0n) is 12.9. The Morgan fingerprint density at radius 1 is 1.19 bits per heavy atom. The fourth-order valence-electron chi connectivity index (χ4n) is 2.72. The van der Waals surface area contributed by atoms with E-state index in [1.54, 1.807) is 0 Å². The average molecular weight is 290 g/mol. The molecule has 4 nitrogen and oxygen atoms in total. The molecule has 0 aromatic heterocycles. The van der Waals surface area contributed by atoms with Crippen molar-refractivity contribution in [2.24, 2.45) is 0 Å². The van der Waals surface area contributed by atoms with Crippen molar-refractivity contribution in [1.29, 1.82) is 0 Å². The van der Waals surface area contributed by atoms with Gasteiger partial charge < -0.3 is 15.0 Å². The Morgan fingerprint density at radius 3 is 2.57 bits per heavy atom. The molecule has 0 radical (unpaired) electrons. The highest BCUT2D eigenvalue weighted by Crippen LogP contribution is 2.08. The maximum atomic E-state index is 11.3. The number of carbonyl (C=O) groups is 1. The number of carbonyl (C=O) groups excluding carboxylic acids is 1. The summed E-state index contributed by atoms with van der Waals surface area (Å²) < 4.78 is 4.69. The van der Waals surface area contributed by atoms with E-state index in [1.165, 1.54) is 58.0 Å². The molecule has 1 aliphatic heterocycles. The first-order valence-electron chi connectivity index (χ1n) is 7.90. The second kappa shape index (κ2) is 8.80. The first-order valence-corrected chi connectivity index (χ1v) is 7.90. The van der Waals surface area contributed by atoms with E-state index >= 15 is 0 Å². The number of esters is 1. The van der Waals surface area contributed by atoms with Crippen LogP contribution in [-0.2, 0) is 11.3 Å². The Morgan fingerprint density at radius 2 is 1.90 bits per heavy atom. The average Bonchev–Trinajstić information content (AvgIpc) is 2.55. The van der Waals surface area contributed by atoms with Gasteiger partial charge in [-0.05, 0) is 63.1 Å². The van der Waals surface area contributed by atoms with Gasteiger partial charge in [-0.25, -0.2) is 4.79 Å². The van der Waals surface area contributed by atoms with Gasteiger partial charge in [0.2, 0.25) is 0 Å². The number of benzene rings is 1. The number of likely N-dealkylation sites (tertiary alicyclic amines) is 1. The van der Waals surface area contributed by atoms with E-state index in [2.05, 4.69) is 15.0 Å². The summed E-state index contributed by atoms with van der Waals surface area (Å²) in [4.78, 5) is 13.9. The summed E-state index contributed by atoms with van der Waals surface area (Å²) in [5.74, 6) is -0.281. The lowest BCUT2D eigenvalue weighted by molar-refractivity contribution is 0.0600. The third kappa shape index (κ3) is 5.48. The second-order valence-corrected chi connectivity index (χ2v) is 5.62. The SMILES string of the molecule is COC(=O)c1ccc(CNCCCN2CCCCC2)cc1. The summed E-state index contributed by atoms with van der Waals surface area (Å²) in [6, 6.07) is 7.58. The molecule has 2 rings (SSSR count). The van der Waals surface area contributed by atoms with Crippen LogP contribution in [0.1, 0.15) is 41.6 Å². The van der Waals surface area contributed by atoms with Crippen molar-refractivity contribution in [3.63, 3.8) is 0 Å². The third-order valence-corrected chi connectivity index (χ3v) is 3.98. The van der Waals surface area contributed by atoms with Crippen LogP contribution < -0.4 is 5.32 Å². The van der Waals surface area contributed by atoms with Gasteiger partial charge in [-0.15, -0.1) is 0 Å². The van der Waals surface area contributed by atoms with Crippen LogP contribution in [0.2, 0.25) is 0 Å². The van der Waals surface area contributed by atoms with Gasteiger partial charge in [0.15, 0.2) is 0 Å². The van der Waals surface area contributed by atoms with Gasteiger partial charge in [0.1, 0.15) is 0 Å². The number of nitrogens with zero attached hydrogens (tertiary/aromatic N) is 1. The van der Waals surface area contributed by atoms with Crippen LogP contribution in [0, 0.1) is 0 Å². The lowest BCUT2D eigenvalue weighted by Crippen LogP contribution is -2.32. The molecule has 0 bridgehead atoms. The molecule has 116 valence electrons. The van der Waals surface area contributed by atoms with Crippen molar-refractivity contribution in [3.8, 4) is 0 Å². The molecule has 0 aliphatic carbocycles. The van der Waals surface area contributed by atoms with Gasteiger partial charge in [0, 0.05) is 6.54 Å². The molecule has 1 N–H and O–H groups in total. The molecule has 0 unspecified atom stereocenters. The molecule has 4 heteroatoms. The Labute approximate surface area is 127 Å². The van der Waals surface area contributed by atoms with Gasteiger partial charge in [0.05, 0.1) is 12.7 Å². The summed E-state index contributed by atoms with van der Waals surface area (Å²) in [6.07, 6.45) is 5.32. The summed E-state index contributed by atoms with van der Waals surface area (Å²) in [5.41, 5.74) is 1.80. The van der Waals surface area contributed by atoms with Crippen molar-refractivity contribution < 1.29 is 9.53 Å². The van der Waals surface area contributed by atoms with Crippen LogP contribution in [0.5, 0.6) is 0 Å². The van der Waals surface area contributed by atoms with Crippen molar-refractivity contribution >= 4 is 5.97 Å². The smallest absolute Gasteiger partial charge is 0.337 e. The lowest BCUT2D eigenvalue weighted by Gasteiger charge is -2.26. The number of methoxy groups -OCH3 is 1. The molecule has 1 aromatic carbocycles. The van der Waals surface area contributed by atoms with E-state index in [4.69, 9.17) is 0 Å². The van der Waals surface area contributed by atoms with Crippen molar-refractivity contribution in [2.75, 3.05) is 33.3 Å². The topological polar surface area (TPSA) is 41.6 Å². The Bertz CT molecular complexity index is 425. The first kappa shape index (κ1) is 16.0. The van der Waals surface area contributed by atoms with Gasteiger partial charge in [0.25, 0.3) is 0 Å². The third-order valence-electron chi connectivity index (χ3n) is 3.98. The quantitative estimate of drug-likeness (QED) is 0.618. The number of ether oxygens (including phenoxy) is 1. The van der Waals surface area contributed by atoms with E-state index in [1.807, 2.05) is 24.3 Å². The molecule has 21 heavy (non-hydrogen) atoms. The molecule has 0 amide bonds. The van der Waals surface area contributed by atoms with Gasteiger partial charge in [-0.2, -0.15) is 0 Å². The molecular weight excluding hydrogens is 264 g/mol. The number of hydrogen-bond donors (Lipinski definition) is 1. The van der Waals surface area contributed by atoms with E-state index in [-0.39, 0.29) is 5.97 Å². The minimum Gasteiger partial charge on any atom is -0.465 e. The predicted octanol–water partition coefficient (Wildman–Crippen LogP) is 2.44. The van der Waals surface area contributed by atoms with Gasteiger partial charge in [-0.3, -0.25) is 0 Å². The Hall–Kier alpha value is -1.39. The lowest BCUT2D eigenvalue weighted by atomic mass is 10.1. The van der Waals surface area contributed by atoms with Crippen molar-refractivity contribution in [2.45, 2.75) is 32.2 Å². The van der Waals surface area contributed by atoms with E-state index in [9.17, 15) is 4.79 Å². The molecule has 1 aliphatic rings. The van der Waals surface area contributed by atoms with Crippen molar-refractivity contribution in [1.82, 2.24) is 10.2 Å². The largest absolute Gasteiger partial charge is 0.465 e. The number of hydrogen-bond acceptors (Lipinski definition) is 4. The minimum atomic E-state index is -0.281. The highest BCUT2D eigenvalue weighted by molar-refractivity contribution is 5.89. The zero-order valence-corrected chi connectivity index (χ0v) is 12.9. The van der Waals surface area contributed by atoms with Crippen LogP contribution in [-0.4, -0.2) is 44.2 Å². The summed E-state index contributed by atoms with van der Waals surface area (Å²) in [5, 5.41) is 3.46. The monoisotopic (exact) mass is 290 g/mol. The second-order valence-electron chi connectivity index (χ2n) is 5.62. The molecule has 1 saturated heterocycles. The van der Waals surface area contributed by atoms with Crippen molar-refractivity contribution in [3.05, 3.63) is 35.4 Å². The summed E-state index contributed by atoms with van der Waals surface area (Å²) in [7, 11) is 1.40. The molecule has 0 spiro atoms. The highest BCUT2D eigenvalue weighted by atomic mass is 16.5. The standard InChI is InChI=1S/C17H26N2O2/c1-21-17(20)16-8-6-15(7-9-16)14-18-10-5-13-19-11-3-2-4-12-19/h6-9,18H,2-5,10-14H2,1H3. The molecule has 1 fully saturated rings. The van der Waals surface area contributed by atoms with Crippen LogP contribution in [0.15, 0.2) is 24.3 Å². The van der Waals surface area contributed by atoms with Crippen LogP contribution >= 0.6 is 0 Å².